The Labute approximate surface area is 262 Å². The predicted octanol–water partition coefficient (Wildman–Crippen LogP) is 6.02. The van der Waals surface area contributed by atoms with Crippen molar-refractivity contribution in [2.24, 2.45) is 0 Å². The smallest absolute Gasteiger partial charge is 0.393 e. The number of amides is 1. The van der Waals surface area contributed by atoms with Crippen LogP contribution in [0.1, 0.15) is 43.0 Å². The highest BCUT2D eigenvalue weighted by atomic mass is 32.2. The average molecular weight is 673 g/mol. The molecule has 0 spiro atoms. The summed E-state index contributed by atoms with van der Waals surface area (Å²) in [7, 11) is -0.482. The Morgan fingerprint density at radius 2 is 1.84 bits per heavy atom. The molecule has 244 valence electrons. The van der Waals surface area contributed by atoms with Crippen LogP contribution < -0.4 is 20.1 Å². The van der Waals surface area contributed by atoms with Gasteiger partial charge in [-0.2, -0.15) is 13.2 Å². The lowest BCUT2D eigenvalue weighted by Gasteiger charge is -2.33. The highest BCUT2D eigenvalue weighted by Gasteiger charge is 2.31. The summed E-state index contributed by atoms with van der Waals surface area (Å²) in [6.07, 6.45) is -1.74. The molecule has 0 saturated heterocycles. The van der Waals surface area contributed by atoms with Gasteiger partial charge in [-0.05, 0) is 56.8 Å². The van der Waals surface area contributed by atoms with E-state index in [9.17, 15) is 35.2 Å². The summed E-state index contributed by atoms with van der Waals surface area (Å²) in [5.74, 6) is 2.93. The number of carbonyl (C=O) groups excluding carboxylic acids is 1. The predicted molar refractivity (Wildman–Crippen MR) is 164 cm³/mol. The number of fused-ring (bicyclic) bond motifs is 1. The third-order valence-corrected chi connectivity index (χ3v) is 10.0. The molecule has 3 aromatic rings. The molecule has 1 saturated carbocycles. The van der Waals surface area contributed by atoms with Crippen LogP contribution in [0.25, 0.3) is 10.1 Å². The van der Waals surface area contributed by atoms with E-state index in [-0.39, 0.29) is 34.5 Å². The zero-order valence-electron chi connectivity index (χ0n) is 24.8. The molecule has 0 unspecified atom stereocenters. The number of alkyl halides is 4. The lowest BCUT2D eigenvalue weighted by atomic mass is 9.90. The second-order valence-corrected chi connectivity index (χ2v) is 13.5. The molecular weight excluding hydrogens is 639 g/mol. The Kier molecular flexibility index (Phi) is 10.8. The minimum absolute atomic E-state index is 0.0509. The van der Waals surface area contributed by atoms with Gasteiger partial charge in [-0.25, -0.2) is 21.9 Å². The van der Waals surface area contributed by atoms with Gasteiger partial charge in [-0.3, -0.25) is 4.79 Å². The first-order valence-electron chi connectivity index (χ1n) is 14.0. The molecule has 1 aliphatic carbocycles. The highest BCUT2D eigenvalue weighted by Crippen LogP contribution is 2.40. The van der Waals surface area contributed by atoms with Crippen molar-refractivity contribution in [1.82, 2.24) is 9.62 Å². The summed E-state index contributed by atoms with van der Waals surface area (Å²) in [5.41, 5.74) is 0.650. The fraction of sp³-hybridized carbons (Fsp3) is 0.433. The van der Waals surface area contributed by atoms with Crippen molar-refractivity contribution >= 4 is 48.7 Å². The molecule has 1 fully saturated rings. The second-order valence-electron chi connectivity index (χ2n) is 10.8. The molecular formula is C30H33F5N4O4S2. The Hall–Kier alpha value is -3.61. The standard InChI is InChI=1S/C30H33F5N4O4S2/c1-18(40)38-45(41,42)28-15-26(43-17-31)25(14-23(28)32)36-13-5-8-27-22(16-30(33,34)35)21-6-4-7-24(29(21)44-27)37-19-9-11-20(12-10-19)39(2)3/h4,6-7,14-15,19-20,36-37H,9-13,16-17H2,1-3H3,(H,38,40). The van der Waals surface area contributed by atoms with Crippen molar-refractivity contribution in [3.8, 4) is 17.6 Å². The molecule has 0 bridgehead atoms. The van der Waals surface area contributed by atoms with E-state index in [4.69, 9.17) is 4.74 Å². The molecule has 45 heavy (non-hydrogen) atoms. The first kappa shape index (κ1) is 34.3. The number of sulfonamides is 1. The summed E-state index contributed by atoms with van der Waals surface area (Å²) in [5, 5.41) is 6.67. The van der Waals surface area contributed by atoms with Gasteiger partial charge in [0, 0.05) is 31.1 Å². The third kappa shape index (κ3) is 8.77. The SMILES string of the molecule is CC(=O)NS(=O)(=O)c1cc(OCF)c(NCC#Cc2sc3c(NC4CCC(N(C)C)CC4)cccc3c2CC(F)(F)F)cc1F. The van der Waals surface area contributed by atoms with Crippen LogP contribution in [0.2, 0.25) is 0 Å². The van der Waals surface area contributed by atoms with Crippen molar-refractivity contribution in [2.45, 2.75) is 62.2 Å². The van der Waals surface area contributed by atoms with Crippen LogP contribution >= 0.6 is 11.3 Å². The number of nitrogens with zero attached hydrogens (tertiary/aromatic N) is 1. The molecule has 3 N–H and O–H groups in total. The van der Waals surface area contributed by atoms with Crippen molar-refractivity contribution < 1.29 is 39.9 Å². The van der Waals surface area contributed by atoms with Crippen LogP contribution in [0.4, 0.5) is 33.3 Å². The van der Waals surface area contributed by atoms with Gasteiger partial charge in [0.2, 0.25) is 12.8 Å². The maximum Gasteiger partial charge on any atom is 0.393 e. The summed E-state index contributed by atoms with van der Waals surface area (Å²) in [6.45, 7) is -0.671. The topological polar surface area (TPSA) is 99.8 Å². The van der Waals surface area contributed by atoms with Crippen LogP contribution in [0.5, 0.6) is 5.75 Å². The average Bonchev–Trinajstić information content (AvgIpc) is 3.28. The Morgan fingerprint density at radius 1 is 1.13 bits per heavy atom. The number of hydrogen-bond donors (Lipinski definition) is 3. The fourth-order valence-corrected chi connectivity index (χ4v) is 7.52. The fourth-order valence-electron chi connectivity index (χ4n) is 5.28. The summed E-state index contributed by atoms with van der Waals surface area (Å²) < 4.78 is 100. The van der Waals surface area contributed by atoms with Crippen molar-refractivity contribution in [1.29, 1.82) is 0 Å². The van der Waals surface area contributed by atoms with Crippen molar-refractivity contribution in [2.75, 3.05) is 38.1 Å². The van der Waals surface area contributed by atoms with Crippen LogP contribution in [0.3, 0.4) is 0 Å². The molecule has 2 aromatic carbocycles. The van der Waals surface area contributed by atoms with Crippen molar-refractivity contribution in [3.05, 3.63) is 46.6 Å². The number of halogens is 5. The molecule has 1 amide bonds. The normalized spacial score (nSPS) is 17.1. The van der Waals surface area contributed by atoms with Crippen LogP contribution in [-0.4, -0.2) is 65.0 Å². The lowest BCUT2D eigenvalue weighted by Crippen LogP contribution is -2.36. The third-order valence-electron chi connectivity index (χ3n) is 7.36. The van der Waals surface area contributed by atoms with Gasteiger partial charge in [-0.15, -0.1) is 11.3 Å². The van der Waals surface area contributed by atoms with Gasteiger partial charge < -0.3 is 20.3 Å². The summed E-state index contributed by atoms with van der Waals surface area (Å²) in [6, 6.07) is 7.36. The number of carbonyl (C=O) groups is 1. The highest BCUT2D eigenvalue weighted by molar-refractivity contribution is 7.90. The van der Waals surface area contributed by atoms with Crippen LogP contribution in [0.15, 0.2) is 35.2 Å². The molecule has 1 heterocycles. The lowest BCUT2D eigenvalue weighted by molar-refractivity contribution is -0.127. The number of thiophene rings is 1. The first-order chi connectivity index (χ1) is 21.2. The van der Waals surface area contributed by atoms with Gasteiger partial charge >= 0.3 is 6.18 Å². The molecule has 15 heteroatoms. The second kappa shape index (κ2) is 14.2. The van der Waals surface area contributed by atoms with Gasteiger partial charge in [0.15, 0.2) is 0 Å². The quantitative estimate of drug-likeness (QED) is 0.179. The van der Waals surface area contributed by atoms with Gasteiger partial charge in [0.1, 0.15) is 16.5 Å². The van der Waals surface area contributed by atoms with E-state index < -0.39 is 46.1 Å². The largest absolute Gasteiger partial charge is 0.461 e. The number of nitrogens with one attached hydrogen (secondary N) is 3. The van der Waals surface area contributed by atoms with E-state index in [2.05, 4.69) is 41.5 Å². The van der Waals surface area contributed by atoms with E-state index in [0.29, 0.717) is 22.2 Å². The number of anilines is 2. The number of rotatable bonds is 10. The van der Waals surface area contributed by atoms with E-state index in [1.807, 2.05) is 6.07 Å². The zero-order chi connectivity index (χ0) is 32.9. The minimum Gasteiger partial charge on any atom is -0.461 e. The molecule has 4 rings (SSSR count). The first-order valence-corrected chi connectivity index (χ1v) is 16.3. The maximum absolute atomic E-state index is 14.7. The Bertz CT molecular complexity index is 1710. The minimum atomic E-state index is -4.59. The maximum atomic E-state index is 14.7. The van der Waals surface area contributed by atoms with Gasteiger partial charge in [0.25, 0.3) is 10.0 Å². The number of hydrogen-bond acceptors (Lipinski definition) is 8. The molecule has 1 aliphatic rings. The summed E-state index contributed by atoms with van der Waals surface area (Å²) >= 11 is 1.15. The van der Waals surface area contributed by atoms with Gasteiger partial charge in [-0.1, -0.05) is 24.0 Å². The van der Waals surface area contributed by atoms with Gasteiger partial charge in [0.05, 0.1) is 33.9 Å². The molecule has 1 aromatic heterocycles. The molecule has 0 radical (unpaired) electrons. The Balaban J connectivity index is 1.59. The van der Waals surface area contributed by atoms with Crippen molar-refractivity contribution in [3.63, 3.8) is 0 Å². The molecule has 0 atom stereocenters. The number of benzene rings is 2. The molecule has 0 aliphatic heterocycles. The van der Waals surface area contributed by atoms with Crippen LogP contribution in [-0.2, 0) is 21.2 Å². The molecule has 8 nitrogen and oxygen atoms in total. The zero-order valence-corrected chi connectivity index (χ0v) is 26.4. The summed E-state index contributed by atoms with van der Waals surface area (Å²) in [4.78, 5) is 12.7. The Morgan fingerprint density at radius 3 is 2.47 bits per heavy atom. The van der Waals surface area contributed by atoms with E-state index in [1.54, 1.807) is 16.9 Å². The van der Waals surface area contributed by atoms with E-state index in [1.165, 1.54) is 0 Å². The van der Waals surface area contributed by atoms with E-state index in [0.717, 1.165) is 55.7 Å². The number of ether oxygens (including phenoxy) is 1. The van der Waals surface area contributed by atoms with Crippen LogP contribution in [0, 0.1) is 17.7 Å². The van der Waals surface area contributed by atoms with E-state index >= 15 is 0 Å². The monoisotopic (exact) mass is 672 g/mol.